The summed E-state index contributed by atoms with van der Waals surface area (Å²) in [7, 11) is 0. The molecule has 0 radical (unpaired) electrons. The zero-order valence-corrected chi connectivity index (χ0v) is 16.4. The summed E-state index contributed by atoms with van der Waals surface area (Å²) in [6.45, 7) is 0.566. The molecule has 0 atom stereocenters. The topological polar surface area (TPSA) is 20.3 Å². The van der Waals surface area contributed by atoms with Crippen LogP contribution >= 0.6 is 0 Å². The molecule has 4 aromatic carbocycles. The third kappa shape index (κ3) is 2.40. The highest BCUT2D eigenvalue weighted by Gasteiger charge is 2.37. The lowest BCUT2D eigenvalue weighted by Crippen LogP contribution is -2.26. The summed E-state index contributed by atoms with van der Waals surface area (Å²) in [5.41, 5.74) is 9.64. The zero-order valence-electron chi connectivity index (χ0n) is 16.4. The van der Waals surface area contributed by atoms with Crippen molar-refractivity contribution in [3.05, 3.63) is 125 Å². The molecular formula is C28H19NO. The lowest BCUT2D eigenvalue weighted by atomic mass is 9.94. The van der Waals surface area contributed by atoms with Crippen LogP contribution in [-0.4, -0.2) is 5.91 Å². The second-order valence-corrected chi connectivity index (χ2v) is 7.74. The van der Waals surface area contributed by atoms with Gasteiger partial charge in [0.25, 0.3) is 5.91 Å². The molecule has 142 valence electrons. The summed E-state index contributed by atoms with van der Waals surface area (Å²) in [6, 6.07) is 35.1. The van der Waals surface area contributed by atoms with Crippen LogP contribution in [0, 0.1) is 0 Å². The van der Waals surface area contributed by atoms with Crippen molar-refractivity contribution in [2.75, 3.05) is 4.90 Å². The molecule has 30 heavy (non-hydrogen) atoms. The van der Waals surface area contributed by atoms with Crippen molar-refractivity contribution in [2.24, 2.45) is 0 Å². The normalized spacial score (nSPS) is 14.0. The third-order valence-electron chi connectivity index (χ3n) is 6.04. The van der Waals surface area contributed by atoms with E-state index < -0.39 is 0 Å². The van der Waals surface area contributed by atoms with E-state index in [0.717, 1.165) is 39.1 Å². The van der Waals surface area contributed by atoms with Crippen molar-refractivity contribution in [1.29, 1.82) is 0 Å². The van der Waals surface area contributed by atoms with Gasteiger partial charge >= 0.3 is 0 Å². The Morgan fingerprint density at radius 2 is 1.00 bits per heavy atom. The smallest absolute Gasteiger partial charge is 0.259 e. The average molecular weight is 385 g/mol. The molecule has 2 nitrogen and oxygen atoms in total. The Hall–Kier alpha value is -3.91. The van der Waals surface area contributed by atoms with E-state index in [1.165, 1.54) is 11.1 Å². The van der Waals surface area contributed by atoms with Crippen molar-refractivity contribution in [3.8, 4) is 11.1 Å². The van der Waals surface area contributed by atoms with E-state index in [9.17, 15) is 4.79 Å². The highest BCUT2D eigenvalue weighted by Crippen LogP contribution is 2.50. The molecule has 2 aliphatic rings. The minimum absolute atomic E-state index is 0.0709. The first kappa shape index (κ1) is 17.0. The highest BCUT2D eigenvalue weighted by atomic mass is 16.2. The Balaban J connectivity index is 1.60. The number of amides is 1. The summed E-state index contributed by atoms with van der Waals surface area (Å²) in [5, 5.41) is 0. The second-order valence-electron chi connectivity index (χ2n) is 7.74. The first-order valence-corrected chi connectivity index (χ1v) is 10.2. The molecule has 6 rings (SSSR count). The van der Waals surface area contributed by atoms with Gasteiger partial charge in [-0.1, -0.05) is 97.1 Å². The van der Waals surface area contributed by atoms with Gasteiger partial charge in [0.05, 0.1) is 17.8 Å². The van der Waals surface area contributed by atoms with Crippen LogP contribution in [0.2, 0.25) is 0 Å². The largest absolute Gasteiger partial charge is 0.303 e. The first-order valence-electron chi connectivity index (χ1n) is 10.2. The van der Waals surface area contributed by atoms with E-state index in [0.29, 0.717) is 6.54 Å². The summed E-state index contributed by atoms with van der Waals surface area (Å²) in [5.74, 6) is 0.0709. The van der Waals surface area contributed by atoms with Crippen molar-refractivity contribution >= 4 is 22.7 Å². The van der Waals surface area contributed by atoms with Gasteiger partial charge in [-0.2, -0.15) is 0 Å². The van der Waals surface area contributed by atoms with Crippen LogP contribution in [0.5, 0.6) is 0 Å². The molecule has 1 aliphatic heterocycles. The van der Waals surface area contributed by atoms with E-state index in [1.54, 1.807) is 0 Å². The molecular weight excluding hydrogens is 366 g/mol. The standard InChI is InChI=1S/C28H19NO/c30-28-27(26-22-14-6-4-12-20(22)21-13-5-7-15-23(21)26)24-16-8-9-17-25(24)29(28)18-19-10-2-1-3-11-19/h1-17H,18H2. The maximum Gasteiger partial charge on any atom is 0.259 e. The average Bonchev–Trinajstić information content (AvgIpc) is 3.27. The number of carbonyl (C=O) groups is 1. The molecule has 4 aromatic rings. The van der Waals surface area contributed by atoms with Crippen LogP contribution in [0.1, 0.15) is 22.3 Å². The molecule has 0 bridgehead atoms. The molecule has 1 amide bonds. The maximum absolute atomic E-state index is 13.8. The van der Waals surface area contributed by atoms with E-state index in [-0.39, 0.29) is 5.91 Å². The summed E-state index contributed by atoms with van der Waals surface area (Å²) in [4.78, 5) is 15.8. The third-order valence-corrected chi connectivity index (χ3v) is 6.04. The van der Waals surface area contributed by atoms with Gasteiger partial charge in [0, 0.05) is 11.1 Å². The molecule has 1 aliphatic carbocycles. The predicted octanol–water partition coefficient (Wildman–Crippen LogP) is 6.17. The Bertz CT molecular complexity index is 1290. The van der Waals surface area contributed by atoms with Gasteiger partial charge in [-0.25, -0.2) is 0 Å². The minimum atomic E-state index is 0.0709. The monoisotopic (exact) mass is 385 g/mol. The number of rotatable bonds is 2. The van der Waals surface area contributed by atoms with Crippen LogP contribution < -0.4 is 4.90 Å². The van der Waals surface area contributed by atoms with E-state index in [4.69, 9.17) is 0 Å². The molecule has 0 saturated heterocycles. The highest BCUT2D eigenvalue weighted by molar-refractivity contribution is 6.40. The first-order chi connectivity index (χ1) is 14.8. The van der Waals surface area contributed by atoms with E-state index >= 15 is 0 Å². The number of anilines is 1. The molecule has 0 saturated carbocycles. The number of hydrogen-bond donors (Lipinski definition) is 0. The summed E-state index contributed by atoms with van der Waals surface area (Å²) >= 11 is 0. The fraction of sp³-hybridized carbons (Fsp3) is 0.0357. The maximum atomic E-state index is 13.8. The van der Waals surface area contributed by atoms with Crippen LogP contribution in [0.15, 0.2) is 103 Å². The van der Waals surface area contributed by atoms with Gasteiger partial charge in [-0.05, 0) is 33.9 Å². The molecule has 0 fully saturated rings. The van der Waals surface area contributed by atoms with Crippen molar-refractivity contribution in [3.63, 3.8) is 0 Å². The van der Waals surface area contributed by atoms with Crippen LogP contribution in [0.25, 0.3) is 22.3 Å². The number of nitrogens with zero attached hydrogens (tertiary/aromatic N) is 1. The van der Waals surface area contributed by atoms with Crippen LogP contribution in [-0.2, 0) is 11.3 Å². The molecule has 2 heteroatoms. The fourth-order valence-corrected chi connectivity index (χ4v) is 4.73. The number of benzene rings is 4. The summed E-state index contributed by atoms with van der Waals surface area (Å²) in [6.07, 6.45) is 0. The molecule has 0 unspecified atom stereocenters. The Morgan fingerprint density at radius 1 is 0.500 bits per heavy atom. The number of carbonyl (C=O) groups excluding carboxylic acids is 1. The number of hydrogen-bond acceptors (Lipinski definition) is 1. The van der Waals surface area contributed by atoms with Crippen LogP contribution in [0.3, 0.4) is 0 Å². The Labute approximate surface area is 175 Å². The van der Waals surface area contributed by atoms with Gasteiger partial charge in [-0.3, -0.25) is 4.79 Å². The van der Waals surface area contributed by atoms with Gasteiger partial charge in [0.2, 0.25) is 0 Å². The Kier molecular flexibility index (Phi) is 3.72. The predicted molar refractivity (Wildman–Crippen MR) is 122 cm³/mol. The number of para-hydroxylation sites is 1. The molecule has 0 spiro atoms. The lowest BCUT2D eigenvalue weighted by Gasteiger charge is -2.17. The van der Waals surface area contributed by atoms with Crippen molar-refractivity contribution in [1.82, 2.24) is 0 Å². The molecule has 0 N–H and O–H groups in total. The van der Waals surface area contributed by atoms with Gasteiger partial charge in [0.15, 0.2) is 0 Å². The summed E-state index contributed by atoms with van der Waals surface area (Å²) < 4.78 is 0. The Morgan fingerprint density at radius 3 is 1.63 bits per heavy atom. The van der Waals surface area contributed by atoms with Crippen molar-refractivity contribution < 1.29 is 4.79 Å². The van der Waals surface area contributed by atoms with Gasteiger partial charge in [-0.15, -0.1) is 0 Å². The zero-order chi connectivity index (χ0) is 20.1. The molecule has 0 aromatic heterocycles. The SMILES string of the molecule is O=C1C(=C2c3ccccc3-c3ccccc32)c2ccccc2N1Cc1ccccc1. The van der Waals surface area contributed by atoms with Crippen molar-refractivity contribution in [2.45, 2.75) is 6.54 Å². The number of fused-ring (bicyclic) bond motifs is 4. The minimum Gasteiger partial charge on any atom is -0.303 e. The lowest BCUT2D eigenvalue weighted by molar-refractivity contribution is -0.113. The van der Waals surface area contributed by atoms with Gasteiger partial charge < -0.3 is 4.90 Å². The van der Waals surface area contributed by atoms with Crippen LogP contribution in [0.4, 0.5) is 5.69 Å². The second kappa shape index (κ2) is 6.57. The van der Waals surface area contributed by atoms with E-state index in [2.05, 4.69) is 72.8 Å². The van der Waals surface area contributed by atoms with Gasteiger partial charge in [0.1, 0.15) is 0 Å². The van der Waals surface area contributed by atoms with E-state index in [1.807, 2.05) is 35.2 Å². The fourth-order valence-electron chi connectivity index (χ4n) is 4.73. The quantitative estimate of drug-likeness (QED) is 0.333. The molecule has 1 heterocycles.